The SMILES string of the molecule is CC(C(=O)O)=C(O)OC1C[C@H]2CC[C@@]1(C)C2(C)C. The smallest absolute Gasteiger partial charge is 0.338 e. The first-order valence-electron chi connectivity index (χ1n) is 6.50. The van der Waals surface area contributed by atoms with E-state index in [0.29, 0.717) is 5.92 Å². The second-order valence-corrected chi connectivity index (χ2v) is 6.45. The van der Waals surface area contributed by atoms with Crippen molar-refractivity contribution in [2.45, 2.75) is 53.1 Å². The van der Waals surface area contributed by atoms with Crippen LogP contribution in [0.1, 0.15) is 47.0 Å². The zero-order chi connectivity index (χ0) is 13.7. The summed E-state index contributed by atoms with van der Waals surface area (Å²) in [4.78, 5) is 10.8. The van der Waals surface area contributed by atoms with Gasteiger partial charge in [0.2, 0.25) is 0 Å². The summed E-state index contributed by atoms with van der Waals surface area (Å²) >= 11 is 0. The maximum atomic E-state index is 10.8. The van der Waals surface area contributed by atoms with Gasteiger partial charge >= 0.3 is 5.97 Å². The average molecular weight is 254 g/mol. The molecule has 2 aliphatic carbocycles. The number of fused-ring (bicyclic) bond motifs is 2. The maximum absolute atomic E-state index is 10.8. The molecular weight excluding hydrogens is 232 g/mol. The van der Waals surface area contributed by atoms with Crippen molar-refractivity contribution in [3.8, 4) is 0 Å². The van der Waals surface area contributed by atoms with Gasteiger partial charge in [0.25, 0.3) is 5.95 Å². The Labute approximate surface area is 108 Å². The molecule has 102 valence electrons. The van der Waals surface area contributed by atoms with E-state index in [0.717, 1.165) is 12.8 Å². The summed E-state index contributed by atoms with van der Waals surface area (Å²) in [5.41, 5.74) is 0.0821. The van der Waals surface area contributed by atoms with Gasteiger partial charge in [-0.15, -0.1) is 0 Å². The van der Waals surface area contributed by atoms with E-state index in [1.807, 2.05) is 0 Å². The van der Waals surface area contributed by atoms with Crippen molar-refractivity contribution in [3.05, 3.63) is 11.5 Å². The highest BCUT2D eigenvalue weighted by Gasteiger charge is 2.62. The van der Waals surface area contributed by atoms with Crippen LogP contribution in [0.4, 0.5) is 0 Å². The number of aliphatic carboxylic acids is 1. The van der Waals surface area contributed by atoms with Gasteiger partial charge in [-0.3, -0.25) is 0 Å². The van der Waals surface area contributed by atoms with Gasteiger partial charge in [0.15, 0.2) is 0 Å². The molecule has 2 N–H and O–H groups in total. The van der Waals surface area contributed by atoms with E-state index < -0.39 is 11.9 Å². The van der Waals surface area contributed by atoms with Gasteiger partial charge in [-0.1, -0.05) is 20.8 Å². The fourth-order valence-electron chi connectivity index (χ4n) is 3.62. The van der Waals surface area contributed by atoms with Crippen molar-refractivity contribution >= 4 is 5.97 Å². The van der Waals surface area contributed by atoms with Crippen molar-refractivity contribution in [3.63, 3.8) is 0 Å². The molecule has 18 heavy (non-hydrogen) atoms. The van der Waals surface area contributed by atoms with Crippen LogP contribution in [0, 0.1) is 16.7 Å². The van der Waals surface area contributed by atoms with Gasteiger partial charge in [-0.05, 0) is 37.5 Å². The van der Waals surface area contributed by atoms with Crippen LogP contribution in [0.15, 0.2) is 11.5 Å². The molecule has 0 aliphatic heterocycles. The van der Waals surface area contributed by atoms with E-state index in [1.165, 1.54) is 13.3 Å². The molecule has 0 aromatic rings. The molecule has 3 atom stereocenters. The minimum Gasteiger partial charge on any atom is -0.481 e. The number of carboxylic acids is 1. The Morgan fingerprint density at radius 3 is 2.28 bits per heavy atom. The van der Waals surface area contributed by atoms with Gasteiger partial charge < -0.3 is 14.9 Å². The Hall–Kier alpha value is -1.19. The first-order chi connectivity index (χ1) is 8.20. The van der Waals surface area contributed by atoms with Crippen LogP contribution in [-0.4, -0.2) is 22.3 Å². The molecule has 0 heterocycles. The fraction of sp³-hybridized carbons (Fsp3) is 0.786. The third kappa shape index (κ3) is 1.62. The number of aliphatic hydroxyl groups excluding tert-OH is 1. The number of carboxylic acid groups (broad SMARTS) is 1. The van der Waals surface area contributed by atoms with Crippen LogP contribution in [0.2, 0.25) is 0 Å². The summed E-state index contributed by atoms with van der Waals surface area (Å²) in [5, 5.41) is 18.6. The van der Waals surface area contributed by atoms with Gasteiger partial charge in [-0.25, -0.2) is 4.79 Å². The lowest BCUT2D eigenvalue weighted by Gasteiger charge is -2.38. The van der Waals surface area contributed by atoms with Gasteiger partial charge in [0.05, 0.1) is 0 Å². The standard InChI is InChI=1S/C14H22O4/c1-8(11(15)16)12(17)18-10-7-9-5-6-14(10,4)13(9,2)3/h9-10,17H,5-7H2,1-4H3,(H,15,16)/t9-,10?,14-/m1/s1. The highest BCUT2D eigenvalue weighted by molar-refractivity contribution is 5.85. The molecule has 2 aliphatic rings. The third-order valence-electron chi connectivity index (χ3n) is 5.61. The topological polar surface area (TPSA) is 66.8 Å². The lowest BCUT2D eigenvalue weighted by molar-refractivity contribution is -0.133. The van der Waals surface area contributed by atoms with E-state index >= 15 is 0 Å². The molecule has 2 saturated carbocycles. The van der Waals surface area contributed by atoms with E-state index in [9.17, 15) is 9.90 Å². The summed E-state index contributed by atoms with van der Waals surface area (Å²) in [6.07, 6.45) is 3.10. The van der Waals surface area contributed by atoms with Crippen molar-refractivity contribution < 1.29 is 19.7 Å². The average Bonchev–Trinajstić information content (AvgIpc) is 2.60. The first kappa shape index (κ1) is 13.2. The Kier molecular flexibility index (Phi) is 2.87. The molecule has 0 amide bonds. The zero-order valence-corrected chi connectivity index (χ0v) is 11.5. The lowest BCUT2D eigenvalue weighted by Crippen LogP contribution is -2.37. The molecule has 1 unspecified atom stereocenters. The number of ether oxygens (including phenoxy) is 1. The molecule has 0 radical (unpaired) electrons. The molecule has 0 saturated heterocycles. The zero-order valence-electron chi connectivity index (χ0n) is 11.5. The van der Waals surface area contributed by atoms with Crippen LogP contribution in [0.3, 0.4) is 0 Å². The number of hydrogen-bond donors (Lipinski definition) is 2. The van der Waals surface area contributed by atoms with Gasteiger partial charge in [0, 0.05) is 5.41 Å². The highest BCUT2D eigenvalue weighted by atomic mass is 16.6. The summed E-state index contributed by atoms with van der Waals surface area (Å²) in [5.74, 6) is -0.970. The third-order valence-corrected chi connectivity index (χ3v) is 5.61. The largest absolute Gasteiger partial charge is 0.481 e. The maximum Gasteiger partial charge on any atom is 0.338 e. The monoisotopic (exact) mass is 254 g/mol. The molecular formula is C14H22O4. The molecule has 0 aromatic heterocycles. The summed E-state index contributed by atoms with van der Waals surface area (Å²) in [6, 6.07) is 0. The van der Waals surface area contributed by atoms with E-state index in [1.54, 1.807) is 0 Å². The van der Waals surface area contributed by atoms with Crippen LogP contribution < -0.4 is 0 Å². The van der Waals surface area contributed by atoms with E-state index in [4.69, 9.17) is 9.84 Å². The first-order valence-corrected chi connectivity index (χ1v) is 6.50. The second kappa shape index (κ2) is 3.90. The summed E-state index contributed by atoms with van der Waals surface area (Å²) in [7, 11) is 0. The van der Waals surface area contributed by atoms with Crippen LogP contribution in [-0.2, 0) is 9.53 Å². The van der Waals surface area contributed by atoms with E-state index in [-0.39, 0.29) is 22.5 Å². The molecule has 0 aromatic carbocycles. The Bertz CT molecular complexity index is 410. The second-order valence-electron chi connectivity index (χ2n) is 6.45. The van der Waals surface area contributed by atoms with Crippen molar-refractivity contribution in [1.29, 1.82) is 0 Å². The quantitative estimate of drug-likeness (QED) is 0.600. The van der Waals surface area contributed by atoms with Gasteiger partial charge in [-0.2, -0.15) is 0 Å². The summed E-state index contributed by atoms with van der Waals surface area (Å²) < 4.78 is 5.56. The fourth-order valence-corrected chi connectivity index (χ4v) is 3.62. The Balaban J connectivity index is 2.19. The number of aliphatic hydroxyl groups is 1. The predicted octanol–water partition coefficient (Wildman–Crippen LogP) is 3.09. The predicted molar refractivity (Wildman–Crippen MR) is 67.1 cm³/mol. The normalized spacial score (nSPS) is 38.4. The molecule has 4 heteroatoms. The molecule has 2 rings (SSSR count). The minimum absolute atomic E-state index is 0.0183. The molecule has 2 bridgehead atoms. The Morgan fingerprint density at radius 2 is 1.89 bits per heavy atom. The minimum atomic E-state index is -1.14. The molecule has 0 spiro atoms. The highest BCUT2D eigenvalue weighted by Crippen LogP contribution is 2.66. The Morgan fingerprint density at radius 1 is 1.28 bits per heavy atom. The van der Waals surface area contributed by atoms with Crippen LogP contribution in [0.5, 0.6) is 0 Å². The number of carbonyl (C=O) groups is 1. The molecule has 4 nitrogen and oxygen atoms in total. The number of rotatable bonds is 3. The summed E-state index contributed by atoms with van der Waals surface area (Å²) in [6.45, 7) is 8.05. The molecule has 2 fully saturated rings. The lowest BCUT2D eigenvalue weighted by atomic mass is 9.70. The van der Waals surface area contributed by atoms with Crippen LogP contribution >= 0.6 is 0 Å². The van der Waals surface area contributed by atoms with Crippen molar-refractivity contribution in [1.82, 2.24) is 0 Å². The van der Waals surface area contributed by atoms with E-state index in [2.05, 4.69) is 20.8 Å². The van der Waals surface area contributed by atoms with Gasteiger partial charge in [0.1, 0.15) is 11.7 Å². The van der Waals surface area contributed by atoms with Crippen molar-refractivity contribution in [2.24, 2.45) is 16.7 Å². The van der Waals surface area contributed by atoms with Crippen molar-refractivity contribution in [2.75, 3.05) is 0 Å². The van der Waals surface area contributed by atoms with Crippen LogP contribution in [0.25, 0.3) is 0 Å². The number of hydrogen-bond acceptors (Lipinski definition) is 3.